The van der Waals surface area contributed by atoms with Crippen molar-refractivity contribution in [2.24, 2.45) is 0 Å². The van der Waals surface area contributed by atoms with Gasteiger partial charge in [0.15, 0.2) is 0 Å². The number of carbonyl (C=O) groups excluding carboxylic acids is 1. The summed E-state index contributed by atoms with van der Waals surface area (Å²) in [7, 11) is 4.10. The lowest BCUT2D eigenvalue weighted by molar-refractivity contribution is 0.0741. The molecule has 6 nitrogen and oxygen atoms in total. The zero-order valence-electron chi connectivity index (χ0n) is 16.6. The van der Waals surface area contributed by atoms with Crippen LogP contribution in [0.4, 0.5) is 15.8 Å². The molecule has 0 unspecified atom stereocenters. The first kappa shape index (κ1) is 20.1. The van der Waals surface area contributed by atoms with Crippen molar-refractivity contribution in [1.29, 1.82) is 0 Å². The van der Waals surface area contributed by atoms with E-state index in [-0.39, 0.29) is 11.7 Å². The van der Waals surface area contributed by atoms with Crippen molar-refractivity contribution in [2.45, 2.75) is 6.42 Å². The first-order valence-electron chi connectivity index (χ1n) is 9.68. The molecule has 1 fully saturated rings. The number of piperazine rings is 1. The third-order valence-corrected chi connectivity index (χ3v) is 4.85. The van der Waals surface area contributed by atoms with E-state index in [4.69, 9.17) is 0 Å². The molecule has 1 aliphatic heterocycles. The second-order valence-corrected chi connectivity index (χ2v) is 7.24. The number of nitrogens with one attached hydrogen (secondary N) is 1. The number of hydrogen-bond donors (Lipinski definition) is 1. The van der Waals surface area contributed by atoms with Crippen LogP contribution in [0.15, 0.2) is 42.6 Å². The maximum Gasteiger partial charge on any atom is 0.272 e. The third kappa shape index (κ3) is 5.19. The van der Waals surface area contributed by atoms with E-state index in [1.165, 1.54) is 6.07 Å². The molecule has 0 atom stereocenters. The van der Waals surface area contributed by atoms with Crippen LogP contribution >= 0.6 is 0 Å². The van der Waals surface area contributed by atoms with Gasteiger partial charge in [0.05, 0.1) is 5.69 Å². The molecule has 28 heavy (non-hydrogen) atoms. The molecule has 1 amide bonds. The number of nitrogens with zero attached hydrogens (tertiary/aromatic N) is 4. The number of rotatable bonds is 7. The SMILES string of the molecule is CN(C)CCCNc1ccnc(C(=O)N2CCN(c3ccccc3F)CC2)c1. The molecule has 2 heterocycles. The summed E-state index contributed by atoms with van der Waals surface area (Å²) in [6, 6.07) is 10.4. The highest BCUT2D eigenvalue weighted by Crippen LogP contribution is 2.21. The fourth-order valence-corrected chi connectivity index (χ4v) is 3.31. The van der Waals surface area contributed by atoms with Crippen molar-refractivity contribution in [2.75, 3.05) is 63.6 Å². The Labute approximate surface area is 166 Å². The fraction of sp³-hybridized carbons (Fsp3) is 0.429. The molecule has 1 aromatic carbocycles. The second kappa shape index (κ2) is 9.50. The Bertz CT molecular complexity index is 790. The molecule has 1 saturated heterocycles. The van der Waals surface area contributed by atoms with Crippen LogP contribution in [0.25, 0.3) is 0 Å². The Morgan fingerprint density at radius 1 is 1.18 bits per heavy atom. The van der Waals surface area contributed by atoms with E-state index in [0.717, 1.165) is 25.2 Å². The second-order valence-electron chi connectivity index (χ2n) is 7.24. The number of pyridine rings is 1. The molecule has 150 valence electrons. The first-order valence-corrected chi connectivity index (χ1v) is 9.68. The van der Waals surface area contributed by atoms with Crippen LogP contribution in [-0.4, -0.2) is 74.1 Å². The number of amides is 1. The van der Waals surface area contributed by atoms with Crippen LogP contribution in [0.2, 0.25) is 0 Å². The highest BCUT2D eigenvalue weighted by molar-refractivity contribution is 5.93. The zero-order valence-corrected chi connectivity index (χ0v) is 16.6. The van der Waals surface area contributed by atoms with Gasteiger partial charge in [-0.15, -0.1) is 0 Å². The normalized spacial score (nSPS) is 14.4. The molecule has 1 aromatic heterocycles. The van der Waals surface area contributed by atoms with E-state index < -0.39 is 0 Å². The number of benzene rings is 1. The van der Waals surface area contributed by atoms with Crippen LogP contribution in [0.5, 0.6) is 0 Å². The van der Waals surface area contributed by atoms with Gasteiger partial charge in [0.2, 0.25) is 0 Å². The molecule has 0 bridgehead atoms. The number of aromatic nitrogens is 1. The number of hydrogen-bond acceptors (Lipinski definition) is 5. The third-order valence-electron chi connectivity index (χ3n) is 4.85. The highest BCUT2D eigenvalue weighted by atomic mass is 19.1. The van der Waals surface area contributed by atoms with Gasteiger partial charge < -0.3 is 20.0 Å². The number of anilines is 2. The van der Waals surface area contributed by atoms with Crippen LogP contribution in [0.3, 0.4) is 0 Å². The summed E-state index contributed by atoms with van der Waals surface area (Å²) in [6.07, 6.45) is 2.69. The Balaban J connectivity index is 1.55. The number of para-hydroxylation sites is 1. The summed E-state index contributed by atoms with van der Waals surface area (Å²) in [5, 5.41) is 3.35. The largest absolute Gasteiger partial charge is 0.385 e. The van der Waals surface area contributed by atoms with Gasteiger partial charge in [0, 0.05) is 44.6 Å². The van der Waals surface area contributed by atoms with Crippen LogP contribution in [0, 0.1) is 5.82 Å². The first-order chi connectivity index (χ1) is 13.5. The maximum absolute atomic E-state index is 14.0. The summed E-state index contributed by atoms with van der Waals surface area (Å²) in [5.41, 5.74) is 1.94. The summed E-state index contributed by atoms with van der Waals surface area (Å²) in [4.78, 5) is 23.0. The van der Waals surface area contributed by atoms with Crippen molar-refractivity contribution in [1.82, 2.24) is 14.8 Å². The molecule has 2 aromatic rings. The Morgan fingerprint density at radius 3 is 2.64 bits per heavy atom. The van der Waals surface area contributed by atoms with Crippen LogP contribution in [-0.2, 0) is 0 Å². The molecule has 7 heteroatoms. The number of carbonyl (C=O) groups is 1. The van der Waals surface area contributed by atoms with Crippen molar-refractivity contribution in [3.8, 4) is 0 Å². The van der Waals surface area contributed by atoms with Gasteiger partial charge in [-0.05, 0) is 51.3 Å². The average molecular weight is 385 g/mol. The van der Waals surface area contributed by atoms with Gasteiger partial charge in [-0.2, -0.15) is 0 Å². The van der Waals surface area contributed by atoms with E-state index in [0.29, 0.717) is 37.6 Å². The van der Waals surface area contributed by atoms with Gasteiger partial charge in [-0.3, -0.25) is 9.78 Å². The van der Waals surface area contributed by atoms with Crippen LogP contribution in [0.1, 0.15) is 16.9 Å². The predicted octanol–water partition coefficient (Wildman–Crippen LogP) is 2.55. The fourth-order valence-electron chi connectivity index (χ4n) is 3.31. The molecule has 0 radical (unpaired) electrons. The maximum atomic E-state index is 14.0. The van der Waals surface area contributed by atoms with Crippen molar-refractivity contribution in [3.05, 3.63) is 54.1 Å². The van der Waals surface area contributed by atoms with Crippen molar-refractivity contribution < 1.29 is 9.18 Å². The van der Waals surface area contributed by atoms with Gasteiger partial charge >= 0.3 is 0 Å². The lowest BCUT2D eigenvalue weighted by Gasteiger charge is -2.36. The number of halogens is 1. The van der Waals surface area contributed by atoms with Gasteiger partial charge in [0.25, 0.3) is 5.91 Å². The molecule has 0 saturated carbocycles. The van der Waals surface area contributed by atoms with E-state index in [2.05, 4.69) is 29.3 Å². The summed E-state index contributed by atoms with van der Waals surface area (Å²) in [5.74, 6) is -0.304. The van der Waals surface area contributed by atoms with Crippen molar-refractivity contribution >= 4 is 17.3 Å². The minimum absolute atomic E-state index is 0.0786. The molecule has 3 rings (SSSR count). The lowest BCUT2D eigenvalue weighted by Crippen LogP contribution is -2.49. The molecule has 1 aliphatic rings. The quantitative estimate of drug-likeness (QED) is 0.743. The Hall–Kier alpha value is -2.67. The lowest BCUT2D eigenvalue weighted by atomic mass is 10.2. The highest BCUT2D eigenvalue weighted by Gasteiger charge is 2.24. The van der Waals surface area contributed by atoms with Gasteiger partial charge in [-0.1, -0.05) is 12.1 Å². The summed E-state index contributed by atoms with van der Waals surface area (Å²) in [6.45, 7) is 4.17. The Kier molecular flexibility index (Phi) is 6.81. The van der Waals surface area contributed by atoms with E-state index in [1.807, 2.05) is 17.0 Å². The molecule has 0 spiro atoms. The van der Waals surface area contributed by atoms with Crippen molar-refractivity contribution in [3.63, 3.8) is 0 Å². The van der Waals surface area contributed by atoms with E-state index >= 15 is 0 Å². The zero-order chi connectivity index (χ0) is 19.9. The smallest absolute Gasteiger partial charge is 0.272 e. The van der Waals surface area contributed by atoms with Gasteiger partial charge in [-0.25, -0.2) is 4.39 Å². The molecular formula is C21H28FN5O. The van der Waals surface area contributed by atoms with E-state index in [9.17, 15) is 9.18 Å². The predicted molar refractivity (Wildman–Crippen MR) is 110 cm³/mol. The summed E-state index contributed by atoms with van der Waals surface area (Å²) >= 11 is 0. The minimum atomic E-state index is -0.225. The molecule has 0 aliphatic carbocycles. The van der Waals surface area contributed by atoms with E-state index in [1.54, 1.807) is 29.3 Å². The standard InChI is InChI=1S/C21H28FN5O/c1-25(2)11-5-9-23-17-8-10-24-19(16-17)21(28)27-14-12-26(13-15-27)20-7-4-3-6-18(20)22/h3-4,6-8,10,16H,5,9,11-15H2,1-2H3,(H,23,24). The average Bonchev–Trinajstić information content (AvgIpc) is 2.71. The molecule has 1 N–H and O–H groups in total. The topological polar surface area (TPSA) is 51.7 Å². The van der Waals surface area contributed by atoms with Crippen LogP contribution < -0.4 is 10.2 Å². The monoisotopic (exact) mass is 385 g/mol. The minimum Gasteiger partial charge on any atom is -0.385 e. The summed E-state index contributed by atoms with van der Waals surface area (Å²) < 4.78 is 14.0. The molecular weight excluding hydrogens is 357 g/mol. The Morgan fingerprint density at radius 2 is 1.93 bits per heavy atom. The van der Waals surface area contributed by atoms with Gasteiger partial charge in [0.1, 0.15) is 11.5 Å².